The standard InChI is InChI=1S/C11H8Cl2N2O2/c1-17-10-8(13)3-2-7(12)9(10)11(16)15-5-4-14-6-15/h2-6H,1H3. The van der Waals surface area contributed by atoms with Crippen LogP contribution in [0.15, 0.2) is 30.9 Å². The van der Waals surface area contributed by atoms with Gasteiger partial charge < -0.3 is 4.74 Å². The van der Waals surface area contributed by atoms with Gasteiger partial charge in [0.2, 0.25) is 0 Å². The molecule has 0 saturated heterocycles. The van der Waals surface area contributed by atoms with Gasteiger partial charge in [0, 0.05) is 12.4 Å². The molecule has 17 heavy (non-hydrogen) atoms. The van der Waals surface area contributed by atoms with Gasteiger partial charge in [0.25, 0.3) is 5.91 Å². The molecular formula is C11H8Cl2N2O2. The van der Waals surface area contributed by atoms with E-state index in [1.165, 1.54) is 30.4 Å². The normalized spacial score (nSPS) is 10.3. The minimum absolute atomic E-state index is 0.222. The highest BCUT2D eigenvalue weighted by Crippen LogP contribution is 2.34. The fourth-order valence-electron chi connectivity index (χ4n) is 1.44. The number of methoxy groups -OCH3 is 1. The second-order valence-corrected chi connectivity index (χ2v) is 4.03. The minimum Gasteiger partial charge on any atom is -0.494 e. The molecule has 0 spiro atoms. The Morgan fingerprint density at radius 3 is 2.65 bits per heavy atom. The van der Waals surface area contributed by atoms with Crippen molar-refractivity contribution in [3.63, 3.8) is 0 Å². The van der Waals surface area contributed by atoms with Crippen LogP contribution >= 0.6 is 23.2 Å². The van der Waals surface area contributed by atoms with Crippen LogP contribution in [-0.4, -0.2) is 22.6 Å². The lowest BCUT2D eigenvalue weighted by atomic mass is 10.2. The highest BCUT2D eigenvalue weighted by atomic mass is 35.5. The minimum atomic E-state index is -0.341. The van der Waals surface area contributed by atoms with Crippen LogP contribution in [-0.2, 0) is 0 Å². The van der Waals surface area contributed by atoms with Crippen molar-refractivity contribution in [1.29, 1.82) is 0 Å². The van der Waals surface area contributed by atoms with Gasteiger partial charge in [0.05, 0.1) is 17.2 Å². The maximum Gasteiger partial charge on any atom is 0.268 e. The average molecular weight is 271 g/mol. The van der Waals surface area contributed by atoms with Crippen LogP contribution in [0.5, 0.6) is 5.75 Å². The quantitative estimate of drug-likeness (QED) is 0.843. The molecule has 0 N–H and O–H groups in total. The summed E-state index contributed by atoms with van der Waals surface area (Å²) in [6.07, 6.45) is 4.42. The van der Waals surface area contributed by atoms with Gasteiger partial charge in [-0.3, -0.25) is 9.36 Å². The second-order valence-electron chi connectivity index (χ2n) is 3.21. The highest BCUT2D eigenvalue weighted by Gasteiger charge is 2.20. The van der Waals surface area contributed by atoms with Crippen molar-refractivity contribution in [2.75, 3.05) is 7.11 Å². The molecule has 0 radical (unpaired) electrons. The number of carbonyl (C=O) groups excluding carboxylic acids is 1. The number of carbonyl (C=O) groups is 1. The van der Waals surface area contributed by atoms with Crippen molar-refractivity contribution in [2.24, 2.45) is 0 Å². The number of imidazole rings is 1. The van der Waals surface area contributed by atoms with E-state index in [1.54, 1.807) is 12.1 Å². The molecule has 1 aromatic heterocycles. The first kappa shape index (κ1) is 12.0. The second kappa shape index (κ2) is 4.77. The van der Waals surface area contributed by atoms with Gasteiger partial charge in [-0.05, 0) is 12.1 Å². The van der Waals surface area contributed by atoms with E-state index in [2.05, 4.69) is 4.98 Å². The predicted molar refractivity (Wildman–Crippen MR) is 65.0 cm³/mol. The fraction of sp³-hybridized carbons (Fsp3) is 0.0909. The Labute approximate surface area is 108 Å². The molecule has 0 fully saturated rings. The molecule has 88 valence electrons. The van der Waals surface area contributed by atoms with Gasteiger partial charge >= 0.3 is 0 Å². The van der Waals surface area contributed by atoms with Crippen LogP contribution in [0.2, 0.25) is 10.0 Å². The van der Waals surface area contributed by atoms with Crippen molar-refractivity contribution in [3.05, 3.63) is 46.5 Å². The van der Waals surface area contributed by atoms with E-state index in [9.17, 15) is 4.79 Å². The molecule has 0 aliphatic rings. The number of benzene rings is 1. The summed E-state index contributed by atoms with van der Waals surface area (Å²) < 4.78 is 6.41. The lowest BCUT2D eigenvalue weighted by molar-refractivity contribution is 0.0957. The lowest BCUT2D eigenvalue weighted by Gasteiger charge is -2.11. The Morgan fingerprint density at radius 1 is 1.35 bits per heavy atom. The van der Waals surface area contributed by atoms with Crippen LogP contribution in [0, 0.1) is 0 Å². The van der Waals surface area contributed by atoms with E-state index in [0.717, 1.165) is 0 Å². The zero-order valence-corrected chi connectivity index (χ0v) is 10.4. The predicted octanol–water partition coefficient (Wildman–Crippen LogP) is 2.89. The van der Waals surface area contributed by atoms with Crippen molar-refractivity contribution >= 4 is 29.1 Å². The molecule has 0 saturated carbocycles. The molecule has 6 heteroatoms. The summed E-state index contributed by atoms with van der Waals surface area (Å²) in [4.78, 5) is 16.0. The molecule has 2 rings (SSSR count). The number of aromatic nitrogens is 2. The Balaban J connectivity index is 2.58. The Kier molecular flexibility index (Phi) is 3.36. The van der Waals surface area contributed by atoms with Gasteiger partial charge in [-0.1, -0.05) is 23.2 Å². The van der Waals surface area contributed by atoms with E-state index < -0.39 is 0 Å². The molecule has 0 unspecified atom stereocenters. The first-order valence-electron chi connectivity index (χ1n) is 4.69. The van der Waals surface area contributed by atoms with Gasteiger partial charge in [-0.2, -0.15) is 0 Å². The number of hydrogen-bond donors (Lipinski definition) is 0. The molecule has 0 aliphatic heterocycles. The molecule has 0 aliphatic carbocycles. The highest BCUT2D eigenvalue weighted by molar-refractivity contribution is 6.37. The number of hydrogen-bond acceptors (Lipinski definition) is 3. The summed E-state index contributed by atoms with van der Waals surface area (Å²) in [7, 11) is 1.43. The van der Waals surface area contributed by atoms with E-state index in [0.29, 0.717) is 5.02 Å². The van der Waals surface area contributed by atoms with Crippen molar-refractivity contribution in [3.8, 4) is 5.75 Å². The maximum absolute atomic E-state index is 12.2. The topological polar surface area (TPSA) is 44.1 Å². The van der Waals surface area contributed by atoms with Crippen molar-refractivity contribution in [1.82, 2.24) is 9.55 Å². The molecule has 1 heterocycles. The number of rotatable bonds is 2. The molecular weight excluding hydrogens is 263 g/mol. The van der Waals surface area contributed by atoms with Crippen LogP contribution in [0.1, 0.15) is 10.4 Å². The monoisotopic (exact) mass is 270 g/mol. The molecule has 0 bridgehead atoms. The summed E-state index contributed by atoms with van der Waals surface area (Å²) >= 11 is 11.9. The molecule has 0 atom stereocenters. The first-order chi connectivity index (χ1) is 8.15. The third kappa shape index (κ3) is 2.14. The Bertz CT molecular complexity index is 553. The molecule has 1 aromatic carbocycles. The van der Waals surface area contributed by atoms with Crippen LogP contribution < -0.4 is 4.74 Å². The summed E-state index contributed by atoms with van der Waals surface area (Å²) in [5, 5.41) is 0.616. The average Bonchev–Trinajstić information content (AvgIpc) is 2.84. The third-order valence-electron chi connectivity index (χ3n) is 2.22. The third-order valence-corrected chi connectivity index (χ3v) is 2.83. The van der Waals surface area contributed by atoms with E-state index >= 15 is 0 Å². The summed E-state index contributed by atoms with van der Waals surface area (Å²) in [6, 6.07) is 3.13. The Morgan fingerprint density at radius 2 is 2.06 bits per heavy atom. The van der Waals surface area contributed by atoms with E-state index in [-0.39, 0.29) is 22.2 Å². The van der Waals surface area contributed by atoms with Gasteiger partial charge in [-0.15, -0.1) is 0 Å². The maximum atomic E-state index is 12.2. The lowest BCUT2D eigenvalue weighted by Crippen LogP contribution is -2.12. The number of halogens is 2. The van der Waals surface area contributed by atoms with Crippen LogP contribution in [0.25, 0.3) is 0 Å². The summed E-state index contributed by atoms with van der Waals surface area (Å²) in [5.41, 5.74) is 0.222. The first-order valence-corrected chi connectivity index (χ1v) is 5.45. The van der Waals surface area contributed by atoms with Crippen molar-refractivity contribution in [2.45, 2.75) is 0 Å². The van der Waals surface area contributed by atoms with Crippen molar-refractivity contribution < 1.29 is 9.53 Å². The smallest absolute Gasteiger partial charge is 0.268 e. The molecule has 2 aromatic rings. The van der Waals surface area contributed by atoms with E-state index in [4.69, 9.17) is 27.9 Å². The van der Waals surface area contributed by atoms with Gasteiger partial charge in [0.15, 0.2) is 5.75 Å². The Hall–Kier alpha value is -1.52. The molecule has 0 amide bonds. The molecule has 4 nitrogen and oxygen atoms in total. The van der Waals surface area contributed by atoms with Crippen LogP contribution in [0.4, 0.5) is 0 Å². The van der Waals surface area contributed by atoms with E-state index in [1.807, 2.05) is 0 Å². The summed E-state index contributed by atoms with van der Waals surface area (Å²) in [6.45, 7) is 0. The zero-order chi connectivity index (χ0) is 12.4. The zero-order valence-electron chi connectivity index (χ0n) is 8.85. The van der Waals surface area contributed by atoms with Crippen LogP contribution in [0.3, 0.4) is 0 Å². The number of nitrogens with zero attached hydrogens (tertiary/aromatic N) is 2. The number of ether oxygens (including phenoxy) is 1. The van der Waals surface area contributed by atoms with Gasteiger partial charge in [-0.25, -0.2) is 4.98 Å². The SMILES string of the molecule is COc1c(Cl)ccc(Cl)c1C(=O)n1ccnc1. The fourth-order valence-corrected chi connectivity index (χ4v) is 1.90. The summed E-state index contributed by atoms with van der Waals surface area (Å²) in [5.74, 6) is -0.0790. The largest absolute Gasteiger partial charge is 0.494 e. The van der Waals surface area contributed by atoms with Gasteiger partial charge in [0.1, 0.15) is 11.9 Å².